The van der Waals surface area contributed by atoms with E-state index in [2.05, 4.69) is 26.0 Å². The third kappa shape index (κ3) is 6.06. The molecule has 1 aromatic carbocycles. The minimum absolute atomic E-state index is 0.0120. The lowest BCUT2D eigenvalue weighted by molar-refractivity contribution is -0.140. The monoisotopic (exact) mass is 502 g/mol. The van der Waals surface area contributed by atoms with Crippen molar-refractivity contribution in [1.29, 1.82) is 10.5 Å². The molecule has 1 aromatic rings. The zero-order valence-corrected chi connectivity index (χ0v) is 23.2. The second-order valence-corrected chi connectivity index (χ2v) is 12.5. The minimum Gasteiger partial charge on any atom is -0.425 e. The summed E-state index contributed by atoms with van der Waals surface area (Å²) < 4.78 is 5.83. The average Bonchev–Trinajstić information content (AvgIpc) is 2.94. The van der Waals surface area contributed by atoms with E-state index in [4.69, 9.17) is 4.74 Å². The predicted molar refractivity (Wildman–Crippen MR) is 147 cm³/mol. The van der Waals surface area contributed by atoms with Gasteiger partial charge in [0.15, 0.2) is 0 Å². The lowest BCUT2D eigenvalue weighted by Gasteiger charge is -2.54. The van der Waals surface area contributed by atoms with Gasteiger partial charge in [-0.05, 0) is 99.0 Å². The van der Waals surface area contributed by atoms with E-state index in [0.29, 0.717) is 11.0 Å². The standard InChI is InChI=1S/C33H46N2O2/c1-3-5-7-9-25-10-12-26(13-11-25)31(36)37-30-15-14-29(27(23-34)28(30)24-35)33-20-17-32(18-21-33,19-22-33)16-8-6-4-2/h14-15,25-26H,3-13,16-22H2,1-2H3/t25-,26-,32?,33?. The second-order valence-electron chi connectivity index (χ2n) is 12.5. The minimum atomic E-state index is -0.231. The first kappa shape index (κ1) is 27.7. The van der Waals surface area contributed by atoms with Crippen LogP contribution in [0.4, 0.5) is 0 Å². The molecule has 0 atom stereocenters. The maximum absolute atomic E-state index is 13.0. The number of unbranched alkanes of at least 4 members (excludes halogenated alkanes) is 4. The van der Waals surface area contributed by atoms with Gasteiger partial charge in [0.25, 0.3) is 0 Å². The van der Waals surface area contributed by atoms with Gasteiger partial charge in [0.2, 0.25) is 0 Å². The Morgan fingerprint density at radius 1 is 0.865 bits per heavy atom. The van der Waals surface area contributed by atoms with E-state index >= 15 is 0 Å². The third-order valence-electron chi connectivity index (χ3n) is 10.3. The van der Waals surface area contributed by atoms with E-state index in [1.807, 2.05) is 6.07 Å². The van der Waals surface area contributed by atoms with Crippen LogP contribution in [-0.2, 0) is 10.2 Å². The summed E-state index contributed by atoms with van der Waals surface area (Å²) in [6, 6.07) is 8.39. The van der Waals surface area contributed by atoms with Crippen molar-refractivity contribution in [1.82, 2.24) is 0 Å². The molecule has 0 amide bonds. The molecule has 4 aliphatic carbocycles. The molecular formula is C33H46N2O2. The molecule has 4 aliphatic rings. The molecule has 4 nitrogen and oxygen atoms in total. The first-order chi connectivity index (χ1) is 18.0. The van der Waals surface area contributed by atoms with Crippen LogP contribution < -0.4 is 4.74 Å². The molecule has 0 aromatic heterocycles. The summed E-state index contributed by atoms with van der Waals surface area (Å²) in [5.74, 6) is 0.668. The first-order valence-electron chi connectivity index (χ1n) is 15.2. The van der Waals surface area contributed by atoms with Gasteiger partial charge >= 0.3 is 5.97 Å². The Bertz CT molecular complexity index is 997. The summed E-state index contributed by atoms with van der Waals surface area (Å²) in [5.41, 5.74) is 2.18. The SMILES string of the molecule is CCCCCC12CCC(c3ccc(OC(=O)[C@H]4CC[C@H](CCCCC)CC4)c(C#N)c3C#N)(CC1)CC2. The highest BCUT2D eigenvalue weighted by atomic mass is 16.5. The summed E-state index contributed by atoms with van der Waals surface area (Å²) in [6.07, 6.45) is 21.2. The molecule has 4 fully saturated rings. The molecule has 0 saturated heterocycles. The molecule has 0 aliphatic heterocycles. The summed E-state index contributed by atoms with van der Waals surface area (Å²) in [4.78, 5) is 13.0. The van der Waals surface area contributed by atoms with Gasteiger partial charge in [0.05, 0.1) is 11.5 Å². The average molecular weight is 503 g/mol. The van der Waals surface area contributed by atoms with Crippen molar-refractivity contribution in [3.8, 4) is 17.9 Å². The van der Waals surface area contributed by atoms with Crippen molar-refractivity contribution in [2.24, 2.45) is 17.3 Å². The Morgan fingerprint density at radius 2 is 1.49 bits per heavy atom. The molecule has 5 rings (SSSR count). The largest absolute Gasteiger partial charge is 0.425 e. The number of hydrogen-bond donors (Lipinski definition) is 0. The van der Waals surface area contributed by atoms with Gasteiger partial charge < -0.3 is 4.74 Å². The van der Waals surface area contributed by atoms with E-state index in [1.165, 1.54) is 70.6 Å². The van der Waals surface area contributed by atoms with Gasteiger partial charge in [-0.25, -0.2) is 0 Å². The van der Waals surface area contributed by atoms with Crippen molar-refractivity contribution in [2.45, 2.75) is 135 Å². The van der Waals surface area contributed by atoms with Gasteiger partial charge in [-0.15, -0.1) is 0 Å². The highest BCUT2D eigenvalue weighted by molar-refractivity contribution is 5.76. The molecule has 200 valence electrons. The van der Waals surface area contributed by atoms with E-state index < -0.39 is 0 Å². The van der Waals surface area contributed by atoms with Gasteiger partial charge in [-0.3, -0.25) is 4.79 Å². The topological polar surface area (TPSA) is 73.9 Å². The molecule has 37 heavy (non-hydrogen) atoms. The maximum atomic E-state index is 13.0. The Balaban J connectivity index is 1.43. The summed E-state index contributed by atoms with van der Waals surface area (Å²) >= 11 is 0. The molecule has 2 bridgehead atoms. The van der Waals surface area contributed by atoms with Crippen LogP contribution in [0.15, 0.2) is 12.1 Å². The predicted octanol–water partition coefficient (Wildman–Crippen LogP) is 8.89. The van der Waals surface area contributed by atoms with Crippen LogP contribution in [0.3, 0.4) is 0 Å². The molecule has 0 unspecified atom stereocenters. The number of nitriles is 2. The molecule has 4 heteroatoms. The summed E-state index contributed by atoms with van der Waals surface area (Å²) in [7, 11) is 0. The van der Waals surface area contributed by atoms with Crippen LogP contribution in [0.2, 0.25) is 0 Å². The van der Waals surface area contributed by atoms with E-state index in [9.17, 15) is 15.3 Å². The number of carbonyl (C=O) groups excluding carboxylic acids is 1. The maximum Gasteiger partial charge on any atom is 0.314 e. The Labute approximate surface area is 224 Å². The van der Waals surface area contributed by atoms with Crippen LogP contribution in [0, 0.1) is 39.9 Å². The van der Waals surface area contributed by atoms with Crippen LogP contribution in [0.25, 0.3) is 0 Å². The van der Waals surface area contributed by atoms with Crippen LogP contribution in [-0.4, -0.2) is 5.97 Å². The zero-order valence-electron chi connectivity index (χ0n) is 23.2. The van der Waals surface area contributed by atoms with E-state index in [-0.39, 0.29) is 28.6 Å². The quantitative estimate of drug-likeness (QED) is 0.172. The molecule has 0 spiro atoms. The fourth-order valence-electron chi connectivity index (χ4n) is 7.69. The van der Waals surface area contributed by atoms with Gasteiger partial charge in [-0.2, -0.15) is 10.5 Å². The number of hydrogen-bond acceptors (Lipinski definition) is 4. The molecule has 4 saturated carbocycles. The summed E-state index contributed by atoms with van der Waals surface area (Å²) in [6.45, 7) is 4.50. The second kappa shape index (κ2) is 12.5. The van der Waals surface area contributed by atoms with E-state index in [0.717, 1.165) is 56.4 Å². The number of nitrogens with zero attached hydrogens (tertiary/aromatic N) is 2. The highest BCUT2D eigenvalue weighted by Crippen LogP contribution is 2.60. The van der Waals surface area contributed by atoms with Crippen molar-refractivity contribution in [3.05, 3.63) is 28.8 Å². The first-order valence-corrected chi connectivity index (χ1v) is 15.2. The number of rotatable bonds is 11. The van der Waals surface area contributed by atoms with Crippen LogP contribution in [0.5, 0.6) is 5.75 Å². The Kier molecular flexibility index (Phi) is 9.34. The third-order valence-corrected chi connectivity index (χ3v) is 10.3. The van der Waals surface area contributed by atoms with Gasteiger partial charge in [0, 0.05) is 0 Å². The molecule has 0 N–H and O–H groups in total. The highest BCUT2D eigenvalue weighted by Gasteiger charge is 2.50. The number of benzene rings is 1. The van der Waals surface area contributed by atoms with Gasteiger partial charge in [0.1, 0.15) is 23.5 Å². The van der Waals surface area contributed by atoms with Crippen LogP contribution >= 0.6 is 0 Å². The number of fused-ring (bicyclic) bond motifs is 3. The smallest absolute Gasteiger partial charge is 0.314 e. The lowest BCUT2D eigenvalue weighted by Crippen LogP contribution is -2.44. The Hall–Kier alpha value is -2.33. The fourth-order valence-corrected chi connectivity index (χ4v) is 7.69. The van der Waals surface area contributed by atoms with Crippen molar-refractivity contribution in [3.63, 3.8) is 0 Å². The number of ether oxygens (including phenoxy) is 1. The Morgan fingerprint density at radius 3 is 2.08 bits per heavy atom. The molecule has 0 radical (unpaired) electrons. The van der Waals surface area contributed by atoms with Crippen LogP contribution in [0.1, 0.15) is 146 Å². The number of esters is 1. The number of carbonyl (C=O) groups is 1. The molecular weight excluding hydrogens is 456 g/mol. The zero-order chi connectivity index (χ0) is 26.3. The van der Waals surface area contributed by atoms with Gasteiger partial charge in [-0.1, -0.05) is 64.9 Å². The fraction of sp³-hybridized carbons (Fsp3) is 0.727. The van der Waals surface area contributed by atoms with Crippen molar-refractivity contribution < 1.29 is 9.53 Å². The van der Waals surface area contributed by atoms with E-state index in [1.54, 1.807) is 6.07 Å². The summed E-state index contributed by atoms with van der Waals surface area (Å²) in [5, 5.41) is 20.2. The van der Waals surface area contributed by atoms with Crippen molar-refractivity contribution >= 4 is 5.97 Å². The molecule has 0 heterocycles. The normalized spacial score (nSPS) is 28.9. The lowest BCUT2D eigenvalue weighted by atomic mass is 9.50. The van der Waals surface area contributed by atoms with Crippen molar-refractivity contribution in [2.75, 3.05) is 0 Å².